The summed E-state index contributed by atoms with van der Waals surface area (Å²) in [6.45, 7) is 3.03. The zero-order chi connectivity index (χ0) is 21.7. The molecule has 0 aliphatic carbocycles. The number of hydrogen-bond acceptors (Lipinski definition) is 5. The molecule has 1 amide bonds. The van der Waals surface area contributed by atoms with E-state index in [1.807, 2.05) is 62.3 Å². The molecular formula is C23H24N4O3. The maximum absolute atomic E-state index is 13.0. The van der Waals surface area contributed by atoms with Crippen molar-refractivity contribution >= 4 is 11.6 Å². The van der Waals surface area contributed by atoms with Crippen LogP contribution in [-0.2, 0) is 0 Å². The number of rotatable bonds is 7. The predicted octanol–water partition coefficient (Wildman–Crippen LogP) is 3.92. The number of nitro benzene ring substituents is 1. The maximum Gasteiger partial charge on any atom is 0.269 e. The molecule has 1 aromatic heterocycles. The average Bonchev–Trinajstić information content (AvgIpc) is 2.73. The van der Waals surface area contributed by atoms with E-state index in [0.717, 1.165) is 16.8 Å². The number of nitrogens with one attached hydrogen (secondary N) is 1. The molecule has 7 heteroatoms. The summed E-state index contributed by atoms with van der Waals surface area (Å²) in [7, 11) is 3.88. The number of likely N-dealkylation sites (N-methyl/N-ethyl adjacent to an activating group) is 1. The smallest absolute Gasteiger partial charge is 0.269 e. The second-order valence-electron chi connectivity index (χ2n) is 7.24. The Morgan fingerprint density at radius 1 is 1.07 bits per heavy atom. The Morgan fingerprint density at radius 2 is 1.73 bits per heavy atom. The summed E-state index contributed by atoms with van der Waals surface area (Å²) >= 11 is 0. The third-order valence-corrected chi connectivity index (χ3v) is 4.73. The summed E-state index contributed by atoms with van der Waals surface area (Å²) in [6.07, 6.45) is 0. The maximum atomic E-state index is 13.0. The van der Waals surface area contributed by atoms with E-state index in [1.165, 1.54) is 12.1 Å². The van der Waals surface area contributed by atoms with E-state index in [0.29, 0.717) is 29.9 Å². The molecule has 0 bridgehead atoms. The van der Waals surface area contributed by atoms with Crippen LogP contribution >= 0.6 is 0 Å². The molecule has 1 heterocycles. The second-order valence-corrected chi connectivity index (χ2v) is 7.24. The topological polar surface area (TPSA) is 88.4 Å². The molecule has 7 nitrogen and oxygen atoms in total. The van der Waals surface area contributed by atoms with Gasteiger partial charge in [0.2, 0.25) is 0 Å². The quantitative estimate of drug-likeness (QED) is 0.476. The minimum absolute atomic E-state index is 0.00444. The largest absolute Gasteiger partial charge is 0.351 e. The summed E-state index contributed by atoms with van der Waals surface area (Å²) in [5.41, 5.74) is 4.17. The summed E-state index contributed by atoms with van der Waals surface area (Å²) < 4.78 is 0. The molecule has 0 spiro atoms. The highest BCUT2D eigenvalue weighted by Crippen LogP contribution is 2.31. The highest BCUT2D eigenvalue weighted by molar-refractivity contribution is 6.02. The number of aryl methyl sites for hydroxylation is 1. The van der Waals surface area contributed by atoms with Gasteiger partial charge in [0.05, 0.1) is 21.9 Å². The van der Waals surface area contributed by atoms with Gasteiger partial charge >= 0.3 is 0 Å². The summed E-state index contributed by atoms with van der Waals surface area (Å²) in [4.78, 5) is 30.2. The number of aromatic nitrogens is 1. The first kappa shape index (κ1) is 21.1. The Labute approximate surface area is 175 Å². The fourth-order valence-electron chi connectivity index (χ4n) is 3.19. The van der Waals surface area contributed by atoms with Crippen molar-refractivity contribution in [3.05, 3.63) is 82.0 Å². The molecule has 0 fully saturated rings. The lowest BCUT2D eigenvalue weighted by Gasteiger charge is -2.16. The van der Waals surface area contributed by atoms with Gasteiger partial charge < -0.3 is 10.2 Å². The Bertz CT molecular complexity index is 1050. The zero-order valence-corrected chi connectivity index (χ0v) is 17.3. The number of amides is 1. The van der Waals surface area contributed by atoms with Crippen molar-refractivity contribution in [1.29, 1.82) is 0 Å². The third-order valence-electron chi connectivity index (χ3n) is 4.73. The first-order valence-electron chi connectivity index (χ1n) is 9.61. The van der Waals surface area contributed by atoms with Crippen molar-refractivity contribution in [2.75, 3.05) is 27.2 Å². The fraction of sp³-hybridized carbons (Fsp3) is 0.217. The Hall–Kier alpha value is -3.58. The number of nitro groups is 1. The van der Waals surface area contributed by atoms with Gasteiger partial charge in [0.1, 0.15) is 0 Å². The van der Waals surface area contributed by atoms with Gasteiger partial charge in [-0.3, -0.25) is 19.9 Å². The Morgan fingerprint density at radius 3 is 2.33 bits per heavy atom. The van der Waals surface area contributed by atoms with E-state index in [2.05, 4.69) is 10.3 Å². The van der Waals surface area contributed by atoms with E-state index in [4.69, 9.17) is 0 Å². The first-order valence-corrected chi connectivity index (χ1v) is 9.61. The minimum Gasteiger partial charge on any atom is -0.351 e. The normalized spacial score (nSPS) is 10.8. The Balaban J connectivity index is 2.08. The molecule has 3 rings (SSSR count). The second kappa shape index (κ2) is 9.28. The van der Waals surface area contributed by atoms with Crippen LogP contribution in [0.3, 0.4) is 0 Å². The van der Waals surface area contributed by atoms with E-state index in [1.54, 1.807) is 12.1 Å². The van der Waals surface area contributed by atoms with E-state index in [9.17, 15) is 14.9 Å². The predicted molar refractivity (Wildman–Crippen MR) is 117 cm³/mol. The summed E-state index contributed by atoms with van der Waals surface area (Å²) in [5.74, 6) is -0.213. The molecule has 154 valence electrons. The minimum atomic E-state index is -0.439. The van der Waals surface area contributed by atoms with Gasteiger partial charge in [-0.1, -0.05) is 30.3 Å². The SMILES string of the molecule is Cc1nc(-c2ccccc2)cc(-c2ccc([N+](=O)[O-])cc2)c1C(=O)NCCN(C)C. The van der Waals surface area contributed by atoms with Crippen molar-refractivity contribution in [1.82, 2.24) is 15.2 Å². The van der Waals surface area contributed by atoms with Crippen LogP contribution in [0.25, 0.3) is 22.4 Å². The molecular weight excluding hydrogens is 380 g/mol. The van der Waals surface area contributed by atoms with Gasteiger partial charge in [-0.15, -0.1) is 0 Å². The molecule has 30 heavy (non-hydrogen) atoms. The lowest BCUT2D eigenvalue weighted by molar-refractivity contribution is -0.384. The molecule has 0 aliphatic rings. The number of non-ortho nitro benzene ring substituents is 1. The molecule has 0 aliphatic heterocycles. The monoisotopic (exact) mass is 404 g/mol. The number of carbonyl (C=O) groups is 1. The average molecular weight is 404 g/mol. The van der Waals surface area contributed by atoms with Crippen molar-refractivity contribution in [2.45, 2.75) is 6.92 Å². The van der Waals surface area contributed by atoms with Crippen molar-refractivity contribution in [2.24, 2.45) is 0 Å². The third kappa shape index (κ3) is 4.87. The van der Waals surface area contributed by atoms with Crippen LogP contribution in [0.15, 0.2) is 60.7 Å². The molecule has 2 aromatic carbocycles. The standard InChI is InChI=1S/C23H24N4O3/c1-16-22(23(28)24-13-14-26(2)3)20(17-9-11-19(12-10-17)27(29)30)15-21(25-16)18-7-5-4-6-8-18/h4-12,15H,13-14H2,1-3H3,(H,24,28). The summed E-state index contributed by atoms with van der Waals surface area (Å²) in [5, 5.41) is 14.0. The molecule has 0 radical (unpaired) electrons. The van der Waals surface area contributed by atoms with Gasteiger partial charge in [-0.2, -0.15) is 0 Å². The molecule has 0 saturated heterocycles. The summed E-state index contributed by atoms with van der Waals surface area (Å²) in [6, 6.07) is 17.8. The van der Waals surface area contributed by atoms with Crippen molar-refractivity contribution < 1.29 is 9.72 Å². The van der Waals surface area contributed by atoms with Crippen LogP contribution in [0.5, 0.6) is 0 Å². The zero-order valence-electron chi connectivity index (χ0n) is 17.3. The Kier molecular flexibility index (Phi) is 6.54. The fourth-order valence-corrected chi connectivity index (χ4v) is 3.19. The van der Waals surface area contributed by atoms with Crippen molar-refractivity contribution in [3.8, 4) is 22.4 Å². The molecule has 0 atom stereocenters. The number of benzene rings is 2. The van der Waals surface area contributed by atoms with Crippen LogP contribution in [-0.4, -0.2) is 47.9 Å². The van der Waals surface area contributed by atoms with Crippen LogP contribution in [0.2, 0.25) is 0 Å². The van der Waals surface area contributed by atoms with Gasteiger partial charge in [0.25, 0.3) is 11.6 Å². The molecule has 0 saturated carbocycles. The number of pyridine rings is 1. The molecule has 1 N–H and O–H groups in total. The van der Waals surface area contributed by atoms with Crippen LogP contribution in [0.4, 0.5) is 5.69 Å². The number of hydrogen-bond donors (Lipinski definition) is 1. The van der Waals surface area contributed by atoms with Gasteiger partial charge in [0.15, 0.2) is 0 Å². The van der Waals surface area contributed by atoms with E-state index >= 15 is 0 Å². The first-order chi connectivity index (χ1) is 14.4. The van der Waals surface area contributed by atoms with E-state index < -0.39 is 4.92 Å². The highest BCUT2D eigenvalue weighted by Gasteiger charge is 2.19. The van der Waals surface area contributed by atoms with Gasteiger partial charge in [0, 0.05) is 30.8 Å². The lowest BCUT2D eigenvalue weighted by Crippen LogP contribution is -2.32. The highest BCUT2D eigenvalue weighted by atomic mass is 16.6. The van der Waals surface area contributed by atoms with Gasteiger partial charge in [-0.05, 0) is 50.3 Å². The number of carbonyl (C=O) groups excluding carboxylic acids is 1. The van der Waals surface area contributed by atoms with Crippen LogP contribution < -0.4 is 5.32 Å². The van der Waals surface area contributed by atoms with Crippen LogP contribution in [0.1, 0.15) is 16.1 Å². The lowest BCUT2D eigenvalue weighted by atomic mass is 9.95. The van der Waals surface area contributed by atoms with Crippen molar-refractivity contribution in [3.63, 3.8) is 0 Å². The van der Waals surface area contributed by atoms with Gasteiger partial charge in [-0.25, -0.2) is 0 Å². The van der Waals surface area contributed by atoms with Crippen LogP contribution in [0, 0.1) is 17.0 Å². The van der Waals surface area contributed by atoms with E-state index in [-0.39, 0.29) is 11.6 Å². The number of nitrogens with zero attached hydrogens (tertiary/aromatic N) is 3. The molecule has 0 unspecified atom stereocenters. The molecule has 3 aromatic rings.